The topological polar surface area (TPSA) is 76.0 Å². The molecule has 6 nitrogen and oxygen atoms in total. The predicted octanol–water partition coefficient (Wildman–Crippen LogP) is 4.17. The van der Waals surface area contributed by atoms with E-state index in [1.54, 1.807) is 19.9 Å². The maximum Gasteiger partial charge on any atom is 0.255 e. The van der Waals surface area contributed by atoms with Gasteiger partial charge in [-0.25, -0.2) is 13.8 Å². The first kappa shape index (κ1) is 20.5. The van der Waals surface area contributed by atoms with Crippen LogP contribution >= 0.6 is 11.6 Å². The van der Waals surface area contributed by atoms with Crippen LogP contribution in [0.3, 0.4) is 0 Å². The van der Waals surface area contributed by atoms with Crippen LogP contribution in [0.15, 0.2) is 47.3 Å². The number of halogens is 3. The Balaban J connectivity index is 1.86. The van der Waals surface area contributed by atoms with Crippen LogP contribution in [0.5, 0.6) is 0 Å². The first-order valence-corrected chi connectivity index (χ1v) is 8.97. The summed E-state index contributed by atoms with van der Waals surface area (Å²) < 4.78 is 27.9. The van der Waals surface area contributed by atoms with E-state index in [0.29, 0.717) is 16.9 Å². The van der Waals surface area contributed by atoms with Crippen LogP contribution in [0.25, 0.3) is 0 Å². The number of nitrogens with zero attached hydrogens (tertiary/aromatic N) is 2. The minimum atomic E-state index is -0.607. The quantitative estimate of drug-likeness (QED) is 0.652. The van der Waals surface area contributed by atoms with Crippen molar-refractivity contribution in [1.29, 1.82) is 0 Å². The van der Waals surface area contributed by atoms with Crippen molar-refractivity contribution in [3.8, 4) is 0 Å². The molecule has 9 heteroatoms. The SMILES string of the molecule is Cc1cc(=O)n(CC(=O)Nc2ccc(F)c(Cl)c2)c(Nc2ccc(F)c(C)c2)n1. The fourth-order valence-electron chi connectivity index (χ4n) is 2.64. The number of rotatable bonds is 5. The molecule has 150 valence electrons. The highest BCUT2D eigenvalue weighted by molar-refractivity contribution is 6.31. The third kappa shape index (κ3) is 4.97. The molecule has 0 fully saturated rings. The molecule has 3 rings (SSSR count). The molecule has 0 saturated carbocycles. The van der Waals surface area contributed by atoms with Gasteiger partial charge in [-0.15, -0.1) is 0 Å². The molecule has 0 spiro atoms. The van der Waals surface area contributed by atoms with E-state index < -0.39 is 17.3 Å². The Morgan fingerprint density at radius 2 is 1.76 bits per heavy atom. The molecule has 1 amide bonds. The maximum atomic E-state index is 13.5. The van der Waals surface area contributed by atoms with Crippen LogP contribution in [-0.2, 0) is 11.3 Å². The van der Waals surface area contributed by atoms with Gasteiger partial charge < -0.3 is 10.6 Å². The summed E-state index contributed by atoms with van der Waals surface area (Å²) in [4.78, 5) is 29.1. The first-order valence-electron chi connectivity index (χ1n) is 8.59. The van der Waals surface area contributed by atoms with Gasteiger partial charge in [0.25, 0.3) is 5.56 Å². The van der Waals surface area contributed by atoms with Crippen LogP contribution in [-0.4, -0.2) is 15.5 Å². The normalized spacial score (nSPS) is 10.7. The van der Waals surface area contributed by atoms with Gasteiger partial charge >= 0.3 is 0 Å². The number of hydrogen-bond acceptors (Lipinski definition) is 4. The third-order valence-corrected chi connectivity index (χ3v) is 4.35. The van der Waals surface area contributed by atoms with Crippen molar-refractivity contribution in [3.05, 3.63) is 80.7 Å². The lowest BCUT2D eigenvalue weighted by Crippen LogP contribution is -2.30. The molecule has 2 aromatic carbocycles. The van der Waals surface area contributed by atoms with Gasteiger partial charge in [0, 0.05) is 23.1 Å². The summed E-state index contributed by atoms with van der Waals surface area (Å²) in [6.07, 6.45) is 0. The molecule has 0 aliphatic heterocycles. The fourth-order valence-corrected chi connectivity index (χ4v) is 2.82. The molecule has 0 bridgehead atoms. The molecule has 0 aliphatic carbocycles. The molecule has 0 radical (unpaired) electrons. The summed E-state index contributed by atoms with van der Waals surface area (Å²) in [7, 11) is 0. The first-order chi connectivity index (χ1) is 13.7. The van der Waals surface area contributed by atoms with E-state index in [1.807, 2.05) is 0 Å². The lowest BCUT2D eigenvalue weighted by Gasteiger charge is -2.15. The van der Waals surface area contributed by atoms with Gasteiger partial charge in [0.05, 0.1) is 5.02 Å². The number of aromatic nitrogens is 2. The number of nitrogens with one attached hydrogen (secondary N) is 2. The van der Waals surface area contributed by atoms with Crippen molar-refractivity contribution in [2.45, 2.75) is 20.4 Å². The standard InChI is InChI=1S/C20H17ClF2N4O2/c1-11-7-13(3-5-16(11)22)26-20-24-12(2)8-19(29)27(20)10-18(28)25-14-4-6-17(23)15(21)9-14/h3-9H,10H2,1-2H3,(H,24,26)(H,25,28). The van der Waals surface area contributed by atoms with Gasteiger partial charge in [-0.05, 0) is 55.8 Å². The average molecular weight is 419 g/mol. The lowest BCUT2D eigenvalue weighted by atomic mass is 10.2. The van der Waals surface area contributed by atoms with Crippen LogP contribution in [0, 0.1) is 25.5 Å². The Labute approximate surface area is 170 Å². The van der Waals surface area contributed by atoms with Gasteiger partial charge in [0.15, 0.2) is 0 Å². The van der Waals surface area contributed by atoms with Gasteiger partial charge in [0.2, 0.25) is 11.9 Å². The number of amides is 1. The van der Waals surface area contributed by atoms with Gasteiger partial charge in [-0.3, -0.25) is 14.2 Å². The largest absolute Gasteiger partial charge is 0.326 e. The molecule has 0 saturated heterocycles. The zero-order chi connectivity index (χ0) is 21.1. The number of aryl methyl sites for hydroxylation is 2. The van der Waals surface area contributed by atoms with E-state index in [1.165, 1.54) is 30.3 Å². The molecule has 1 aromatic heterocycles. The second kappa shape index (κ2) is 8.40. The van der Waals surface area contributed by atoms with Crippen molar-refractivity contribution in [1.82, 2.24) is 9.55 Å². The third-order valence-electron chi connectivity index (χ3n) is 4.06. The van der Waals surface area contributed by atoms with E-state index in [9.17, 15) is 18.4 Å². The number of carbonyl (C=O) groups excluding carboxylic acids is 1. The molecule has 0 atom stereocenters. The summed E-state index contributed by atoms with van der Waals surface area (Å²) in [6, 6.07) is 9.41. The summed E-state index contributed by atoms with van der Waals surface area (Å²) in [5.74, 6) is -1.36. The Morgan fingerprint density at radius 3 is 2.45 bits per heavy atom. The molecule has 1 heterocycles. The molecule has 3 aromatic rings. The fraction of sp³-hybridized carbons (Fsp3) is 0.150. The van der Waals surface area contributed by atoms with Crippen molar-refractivity contribution < 1.29 is 13.6 Å². The Morgan fingerprint density at radius 1 is 1.07 bits per heavy atom. The minimum absolute atomic E-state index is 0.133. The number of benzene rings is 2. The maximum absolute atomic E-state index is 13.5. The summed E-state index contributed by atoms with van der Waals surface area (Å²) >= 11 is 5.71. The van der Waals surface area contributed by atoms with Crippen LogP contribution < -0.4 is 16.2 Å². The molecule has 0 aliphatic rings. The molecular weight excluding hydrogens is 402 g/mol. The highest BCUT2D eigenvalue weighted by atomic mass is 35.5. The van der Waals surface area contributed by atoms with Crippen LogP contribution in [0.4, 0.5) is 26.1 Å². The number of anilines is 3. The molecule has 29 heavy (non-hydrogen) atoms. The highest BCUT2D eigenvalue weighted by Crippen LogP contribution is 2.20. The van der Waals surface area contributed by atoms with Crippen molar-refractivity contribution in [2.75, 3.05) is 10.6 Å². The average Bonchev–Trinajstić information content (AvgIpc) is 2.64. The second-order valence-electron chi connectivity index (χ2n) is 6.41. The molecular formula is C20H17ClF2N4O2. The Kier molecular flexibility index (Phi) is 5.93. The van der Waals surface area contributed by atoms with E-state index in [-0.39, 0.29) is 29.0 Å². The highest BCUT2D eigenvalue weighted by Gasteiger charge is 2.13. The van der Waals surface area contributed by atoms with Crippen molar-refractivity contribution in [2.24, 2.45) is 0 Å². The zero-order valence-corrected chi connectivity index (χ0v) is 16.3. The van der Waals surface area contributed by atoms with Gasteiger partial charge in [0.1, 0.15) is 18.2 Å². The number of carbonyl (C=O) groups is 1. The Hall–Kier alpha value is -3.26. The van der Waals surface area contributed by atoms with Gasteiger partial charge in [-0.1, -0.05) is 11.6 Å². The minimum Gasteiger partial charge on any atom is -0.326 e. The van der Waals surface area contributed by atoms with E-state index >= 15 is 0 Å². The van der Waals surface area contributed by atoms with E-state index in [2.05, 4.69) is 15.6 Å². The van der Waals surface area contributed by atoms with Crippen molar-refractivity contribution in [3.63, 3.8) is 0 Å². The monoisotopic (exact) mass is 418 g/mol. The van der Waals surface area contributed by atoms with Crippen LogP contribution in [0.2, 0.25) is 5.02 Å². The summed E-state index contributed by atoms with van der Waals surface area (Å²) in [5, 5.41) is 5.36. The number of hydrogen-bond donors (Lipinski definition) is 2. The van der Waals surface area contributed by atoms with E-state index in [0.717, 1.165) is 10.6 Å². The lowest BCUT2D eigenvalue weighted by molar-refractivity contribution is -0.116. The van der Waals surface area contributed by atoms with E-state index in [4.69, 9.17) is 11.6 Å². The zero-order valence-electron chi connectivity index (χ0n) is 15.6. The summed E-state index contributed by atoms with van der Waals surface area (Å²) in [5.41, 5.74) is 1.24. The summed E-state index contributed by atoms with van der Waals surface area (Å²) in [6.45, 7) is 2.91. The molecule has 2 N–H and O–H groups in total. The van der Waals surface area contributed by atoms with Gasteiger partial charge in [-0.2, -0.15) is 0 Å². The second-order valence-corrected chi connectivity index (χ2v) is 6.82. The molecule has 0 unspecified atom stereocenters. The predicted molar refractivity (Wildman–Crippen MR) is 108 cm³/mol. The van der Waals surface area contributed by atoms with Crippen LogP contribution in [0.1, 0.15) is 11.3 Å². The van der Waals surface area contributed by atoms with Crippen molar-refractivity contribution >= 4 is 34.8 Å². The Bertz CT molecular complexity index is 1150. The smallest absolute Gasteiger partial charge is 0.255 e.